The molecule has 2 atom stereocenters. The summed E-state index contributed by atoms with van der Waals surface area (Å²) in [6.45, 7) is 1.55. The van der Waals surface area contributed by atoms with E-state index < -0.39 is 0 Å². The summed E-state index contributed by atoms with van der Waals surface area (Å²) in [7, 11) is 3.32. The maximum Gasteiger partial charge on any atom is 0.123 e. The third kappa shape index (κ3) is 3.18. The molecule has 106 valence electrons. The van der Waals surface area contributed by atoms with Crippen LogP contribution in [0.2, 0.25) is 0 Å². The van der Waals surface area contributed by atoms with Gasteiger partial charge in [-0.2, -0.15) is 0 Å². The number of hydrazine groups is 1. The summed E-state index contributed by atoms with van der Waals surface area (Å²) in [6.07, 6.45) is 2.16. The SMILES string of the molecule is COc1ccc(OC)c(C(NN)C2CCCOC2)c1. The molecule has 0 radical (unpaired) electrons. The zero-order valence-electron chi connectivity index (χ0n) is 11.5. The third-order valence-electron chi connectivity index (χ3n) is 3.62. The Kier molecular flexibility index (Phi) is 5.01. The van der Waals surface area contributed by atoms with Crippen molar-refractivity contribution in [2.75, 3.05) is 27.4 Å². The predicted molar refractivity (Wildman–Crippen MR) is 73.2 cm³/mol. The Morgan fingerprint density at radius 1 is 1.37 bits per heavy atom. The Morgan fingerprint density at radius 3 is 2.79 bits per heavy atom. The Bertz CT molecular complexity index is 406. The molecule has 5 nitrogen and oxygen atoms in total. The summed E-state index contributed by atoms with van der Waals surface area (Å²) in [4.78, 5) is 0. The molecule has 0 amide bonds. The summed E-state index contributed by atoms with van der Waals surface area (Å²) in [6, 6.07) is 5.76. The molecule has 0 spiro atoms. The molecule has 1 aromatic rings. The second kappa shape index (κ2) is 6.75. The molecule has 0 aromatic heterocycles. The van der Waals surface area contributed by atoms with Crippen LogP contribution in [0.25, 0.3) is 0 Å². The van der Waals surface area contributed by atoms with Crippen molar-refractivity contribution in [3.8, 4) is 11.5 Å². The van der Waals surface area contributed by atoms with Gasteiger partial charge in [0.1, 0.15) is 11.5 Å². The van der Waals surface area contributed by atoms with Gasteiger partial charge in [-0.3, -0.25) is 11.3 Å². The lowest BCUT2D eigenvalue weighted by Crippen LogP contribution is -2.37. The number of nitrogens with two attached hydrogens (primary N) is 1. The van der Waals surface area contributed by atoms with Crippen LogP contribution in [0, 0.1) is 5.92 Å². The van der Waals surface area contributed by atoms with Crippen LogP contribution in [0.1, 0.15) is 24.4 Å². The van der Waals surface area contributed by atoms with Crippen molar-refractivity contribution in [3.63, 3.8) is 0 Å². The fourth-order valence-corrected chi connectivity index (χ4v) is 2.59. The molecule has 1 fully saturated rings. The van der Waals surface area contributed by atoms with Crippen molar-refractivity contribution in [3.05, 3.63) is 23.8 Å². The van der Waals surface area contributed by atoms with Gasteiger partial charge in [0.15, 0.2) is 0 Å². The fourth-order valence-electron chi connectivity index (χ4n) is 2.59. The predicted octanol–water partition coefficient (Wildman–Crippen LogP) is 1.63. The van der Waals surface area contributed by atoms with Gasteiger partial charge in [-0.05, 0) is 31.0 Å². The zero-order valence-corrected chi connectivity index (χ0v) is 11.5. The van der Waals surface area contributed by atoms with Crippen LogP contribution in [0.5, 0.6) is 11.5 Å². The van der Waals surface area contributed by atoms with Gasteiger partial charge in [0.05, 0.1) is 26.9 Å². The molecule has 1 saturated heterocycles. The summed E-state index contributed by atoms with van der Waals surface area (Å²) in [5, 5.41) is 0. The lowest BCUT2D eigenvalue weighted by Gasteiger charge is -2.31. The third-order valence-corrected chi connectivity index (χ3v) is 3.62. The van der Waals surface area contributed by atoms with E-state index >= 15 is 0 Å². The first-order valence-electron chi connectivity index (χ1n) is 6.56. The lowest BCUT2D eigenvalue weighted by molar-refractivity contribution is 0.0386. The quantitative estimate of drug-likeness (QED) is 0.626. The Balaban J connectivity index is 2.29. The first kappa shape index (κ1) is 14.1. The molecule has 5 heteroatoms. The highest BCUT2D eigenvalue weighted by molar-refractivity contribution is 5.42. The van der Waals surface area contributed by atoms with Crippen LogP contribution < -0.4 is 20.7 Å². The van der Waals surface area contributed by atoms with Gasteiger partial charge < -0.3 is 14.2 Å². The van der Waals surface area contributed by atoms with Crippen LogP contribution >= 0.6 is 0 Å². The van der Waals surface area contributed by atoms with E-state index in [1.54, 1.807) is 14.2 Å². The molecule has 2 rings (SSSR count). The van der Waals surface area contributed by atoms with E-state index in [4.69, 9.17) is 20.1 Å². The Morgan fingerprint density at radius 2 is 2.21 bits per heavy atom. The van der Waals surface area contributed by atoms with Gasteiger partial charge in [-0.15, -0.1) is 0 Å². The van der Waals surface area contributed by atoms with E-state index in [1.165, 1.54) is 0 Å². The molecule has 1 aliphatic heterocycles. The normalized spacial score (nSPS) is 20.9. The average Bonchev–Trinajstić information content (AvgIpc) is 2.49. The molecule has 0 saturated carbocycles. The van der Waals surface area contributed by atoms with Gasteiger partial charge in [0.25, 0.3) is 0 Å². The summed E-state index contributed by atoms with van der Waals surface area (Å²) in [5.74, 6) is 7.71. The van der Waals surface area contributed by atoms with E-state index in [2.05, 4.69) is 5.43 Å². The van der Waals surface area contributed by atoms with Gasteiger partial charge >= 0.3 is 0 Å². The molecule has 2 unspecified atom stereocenters. The second-order valence-corrected chi connectivity index (χ2v) is 4.73. The van der Waals surface area contributed by atoms with Crippen molar-refractivity contribution < 1.29 is 14.2 Å². The van der Waals surface area contributed by atoms with E-state index in [9.17, 15) is 0 Å². The Labute approximate surface area is 114 Å². The fraction of sp³-hybridized carbons (Fsp3) is 0.571. The van der Waals surface area contributed by atoms with Gasteiger partial charge in [0, 0.05) is 18.1 Å². The topological polar surface area (TPSA) is 65.7 Å². The number of benzene rings is 1. The zero-order chi connectivity index (χ0) is 13.7. The van der Waals surface area contributed by atoms with Crippen molar-refractivity contribution in [2.45, 2.75) is 18.9 Å². The standard InChI is InChI=1S/C14H22N2O3/c1-17-11-5-6-13(18-2)12(8-11)14(16-15)10-4-3-7-19-9-10/h5-6,8,10,14,16H,3-4,7,9,15H2,1-2H3. The molecule has 19 heavy (non-hydrogen) atoms. The minimum absolute atomic E-state index is 0.00495. The Hall–Kier alpha value is -1.30. The minimum atomic E-state index is 0.00495. The average molecular weight is 266 g/mol. The van der Waals surface area contributed by atoms with Crippen LogP contribution in [-0.4, -0.2) is 27.4 Å². The van der Waals surface area contributed by atoms with Crippen LogP contribution in [0.3, 0.4) is 0 Å². The van der Waals surface area contributed by atoms with E-state index in [0.717, 1.165) is 43.1 Å². The van der Waals surface area contributed by atoms with Gasteiger partial charge in [-0.1, -0.05) is 0 Å². The van der Waals surface area contributed by atoms with Crippen LogP contribution in [0.15, 0.2) is 18.2 Å². The molecular formula is C14H22N2O3. The summed E-state index contributed by atoms with van der Waals surface area (Å²) < 4.78 is 16.3. The monoisotopic (exact) mass is 266 g/mol. The first-order valence-corrected chi connectivity index (χ1v) is 6.56. The molecule has 1 aromatic carbocycles. The highest BCUT2D eigenvalue weighted by atomic mass is 16.5. The maximum atomic E-state index is 5.75. The van der Waals surface area contributed by atoms with Crippen molar-refractivity contribution >= 4 is 0 Å². The second-order valence-electron chi connectivity index (χ2n) is 4.73. The van der Waals surface area contributed by atoms with E-state index in [1.807, 2.05) is 18.2 Å². The number of hydrogen-bond acceptors (Lipinski definition) is 5. The molecule has 0 bridgehead atoms. The smallest absolute Gasteiger partial charge is 0.123 e. The van der Waals surface area contributed by atoms with E-state index in [0.29, 0.717) is 5.92 Å². The van der Waals surface area contributed by atoms with Crippen LogP contribution in [0.4, 0.5) is 0 Å². The molecule has 0 aliphatic carbocycles. The minimum Gasteiger partial charge on any atom is -0.497 e. The molecule has 1 aliphatic rings. The van der Waals surface area contributed by atoms with Gasteiger partial charge in [-0.25, -0.2) is 0 Å². The summed E-state index contributed by atoms with van der Waals surface area (Å²) in [5.41, 5.74) is 3.91. The maximum absolute atomic E-state index is 5.75. The number of methoxy groups -OCH3 is 2. The number of nitrogens with one attached hydrogen (secondary N) is 1. The molecular weight excluding hydrogens is 244 g/mol. The molecule has 1 heterocycles. The highest BCUT2D eigenvalue weighted by Crippen LogP contribution is 2.35. The largest absolute Gasteiger partial charge is 0.497 e. The van der Waals surface area contributed by atoms with Crippen molar-refractivity contribution in [1.29, 1.82) is 0 Å². The highest BCUT2D eigenvalue weighted by Gasteiger charge is 2.27. The van der Waals surface area contributed by atoms with Crippen molar-refractivity contribution in [2.24, 2.45) is 11.8 Å². The van der Waals surface area contributed by atoms with Crippen molar-refractivity contribution in [1.82, 2.24) is 5.43 Å². The first-order chi connectivity index (χ1) is 9.30. The number of ether oxygens (including phenoxy) is 3. The van der Waals surface area contributed by atoms with Gasteiger partial charge in [0.2, 0.25) is 0 Å². The summed E-state index contributed by atoms with van der Waals surface area (Å²) >= 11 is 0. The number of rotatable bonds is 5. The molecule has 3 N–H and O–H groups in total. The lowest BCUT2D eigenvalue weighted by atomic mass is 9.88. The van der Waals surface area contributed by atoms with E-state index in [-0.39, 0.29) is 6.04 Å². The number of hydrogen-bond donors (Lipinski definition) is 2. The van der Waals surface area contributed by atoms with Crippen LogP contribution in [-0.2, 0) is 4.74 Å².